The zero-order chi connectivity index (χ0) is 13.1. The van der Waals surface area contributed by atoms with Crippen LogP contribution in [0.25, 0.3) is 0 Å². The van der Waals surface area contributed by atoms with Gasteiger partial charge in [-0.15, -0.1) is 0 Å². The van der Waals surface area contributed by atoms with Gasteiger partial charge >= 0.3 is 0 Å². The highest BCUT2D eigenvalue weighted by atomic mass is 15.3. The Bertz CT molecular complexity index is 403. The third-order valence-electron chi connectivity index (χ3n) is 3.80. The lowest BCUT2D eigenvalue weighted by Crippen LogP contribution is -2.55. The van der Waals surface area contributed by atoms with Gasteiger partial charge in [0.15, 0.2) is 0 Å². The van der Waals surface area contributed by atoms with Crippen LogP contribution in [0.3, 0.4) is 0 Å². The summed E-state index contributed by atoms with van der Waals surface area (Å²) in [6.45, 7) is 8.82. The first-order valence-electron chi connectivity index (χ1n) is 6.79. The van der Waals surface area contributed by atoms with Crippen LogP contribution < -0.4 is 10.2 Å². The molecule has 1 atom stereocenters. The van der Waals surface area contributed by atoms with E-state index in [0.29, 0.717) is 6.04 Å². The highest BCUT2D eigenvalue weighted by Gasteiger charge is 2.25. The summed E-state index contributed by atoms with van der Waals surface area (Å²) >= 11 is 0. The molecule has 0 radical (unpaired) electrons. The first-order valence-corrected chi connectivity index (χ1v) is 6.79. The van der Waals surface area contributed by atoms with E-state index in [2.05, 4.69) is 54.2 Å². The van der Waals surface area contributed by atoms with Crippen molar-refractivity contribution in [1.82, 2.24) is 10.2 Å². The molecule has 1 saturated heterocycles. The minimum atomic E-state index is 0.564. The summed E-state index contributed by atoms with van der Waals surface area (Å²) in [5.74, 6) is 0. The quantitative estimate of drug-likeness (QED) is 0.876. The van der Waals surface area contributed by atoms with Crippen LogP contribution in [0.2, 0.25) is 0 Å². The van der Waals surface area contributed by atoms with Gasteiger partial charge in [-0.05, 0) is 45.1 Å². The molecule has 1 N–H and O–H groups in total. The molecule has 0 amide bonds. The number of hydrogen-bond donors (Lipinski definition) is 1. The Kier molecular flexibility index (Phi) is 4.25. The predicted octanol–water partition coefficient (Wildman–Crippen LogP) is 1.64. The standard InChI is InChI=1S/C15H25N3/c1-12-5-6-13(2)15(9-12)18-8-7-17(4)11-14(18)10-16-3/h5-6,9,14,16H,7-8,10-11H2,1-4H3. The van der Waals surface area contributed by atoms with Gasteiger partial charge in [0.25, 0.3) is 0 Å². The van der Waals surface area contributed by atoms with Crippen LogP contribution in [-0.4, -0.2) is 51.2 Å². The lowest BCUT2D eigenvalue weighted by Gasteiger charge is -2.42. The second-order valence-corrected chi connectivity index (χ2v) is 5.46. The maximum Gasteiger partial charge on any atom is 0.0541 e. The molecule has 3 heteroatoms. The molecule has 0 spiro atoms. The van der Waals surface area contributed by atoms with Crippen LogP contribution in [-0.2, 0) is 0 Å². The van der Waals surface area contributed by atoms with E-state index in [0.717, 1.165) is 26.2 Å². The average Bonchev–Trinajstić information content (AvgIpc) is 2.33. The Labute approximate surface area is 111 Å². The van der Waals surface area contributed by atoms with E-state index in [1.165, 1.54) is 16.8 Å². The molecule has 1 fully saturated rings. The molecule has 0 aromatic heterocycles. The molecule has 0 aliphatic carbocycles. The Balaban J connectivity index is 2.26. The number of likely N-dealkylation sites (N-methyl/N-ethyl adjacent to an activating group) is 2. The lowest BCUT2D eigenvalue weighted by atomic mass is 10.1. The summed E-state index contributed by atoms with van der Waals surface area (Å²) in [4.78, 5) is 4.99. The molecule has 1 aliphatic heterocycles. The molecule has 1 unspecified atom stereocenters. The molecule has 2 rings (SSSR count). The Hall–Kier alpha value is -1.06. The third kappa shape index (κ3) is 2.85. The van der Waals surface area contributed by atoms with Crippen LogP contribution in [0.4, 0.5) is 5.69 Å². The second-order valence-electron chi connectivity index (χ2n) is 5.46. The maximum absolute atomic E-state index is 3.32. The molecule has 1 heterocycles. The van der Waals surface area contributed by atoms with E-state index >= 15 is 0 Å². The van der Waals surface area contributed by atoms with Gasteiger partial charge in [0.05, 0.1) is 6.04 Å². The van der Waals surface area contributed by atoms with E-state index in [-0.39, 0.29) is 0 Å². The van der Waals surface area contributed by atoms with Crippen molar-refractivity contribution < 1.29 is 0 Å². The molecule has 18 heavy (non-hydrogen) atoms. The van der Waals surface area contributed by atoms with Crippen LogP contribution in [0, 0.1) is 13.8 Å². The smallest absolute Gasteiger partial charge is 0.0541 e. The van der Waals surface area contributed by atoms with Crippen molar-refractivity contribution in [3.63, 3.8) is 0 Å². The third-order valence-corrected chi connectivity index (χ3v) is 3.80. The molecule has 0 saturated carbocycles. The first kappa shape index (κ1) is 13.4. The molecular formula is C15H25N3. The highest BCUT2D eigenvalue weighted by molar-refractivity contribution is 5.56. The van der Waals surface area contributed by atoms with E-state index in [1.54, 1.807) is 0 Å². The molecule has 1 aromatic rings. The molecule has 1 aromatic carbocycles. The van der Waals surface area contributed by atoms with Crippen molar-refractivity contribution in [2.45, 2.75) is 19.9 Å². The van der Waals surface area contributed by atoms with Crippen molar-refractivity contribution >= 4 is 5.69 Å². The number of nitrogens with zero attached hydrogens (tertiary/aromatic N) is 2. The Morgan fingerprint density at radius 1 is 1.28 bits per heavy atom. The van der Waals surface area contributed by atoms with Gasteiger partial charge < -0.3 is 15.1 Å². The minimum Gasteiger partial charge on any atom is -0.364 e. The van der Waals surface area contributed by atoms with E-state index < -0.39 is 0 Å². The summed E-state index contributed by atoms with van der Waals surface area (Å²) in [7, 11) is 4.25. The number of hydrogen-bond acceptors (Lipinski definition) is 3. The number of piperazine rings is 1. The van der Waals surface area contributed by atoms with Gasteiger partial charge in [0.2, 0.25) is 0 Å². The van der Waals surface area contributed by atoms with Gasteiger partial charge in [-0.2, -0.15) is 0 Å². The molecule has 1 aliphatic rings. The minimum absolute atomic E-state index is 0.564. The zero-order valence-corrected chi connectivity index (χ0v) is 12.0. The Morgan fingerprint density at radius 3 is 2.78 bits per heavy atom. The number of aryl methyl sites for hydroxylation is 2. The monoisotopic (exact) mass is 247 g/mol. The summed E-state index contributed by atoms with van der Waals surface area (Å²) in [6.07, 6.45) is 0. The van der Waals surface area contributed by atoms with Crippen molar-refractivity contribution in [2.24, 2.45) is 0 Å². The van der Waals surface area contributed by atoms with Gasteiger partial charge in [0, 0.05) is 31.9 Å². The van der Waals surface area contributed by atoms with Crippen molar-refractivity contribution in [3.05, 3.63) is 29.3 Å². The van der Waals surface area contributed by atoms with E-state index in [1.807, 2.05) is 7.05 Å². The summed E-state index contributed by atoms with van der Waals surface area (Å²) in [5.41, 5.74) is 4.13. The maximum atomic E-state index is 3.32. The van der Waals surface area contributed by atoms with Gasteiger partial charge in [-0.3, -0.25) is 0 Å². The van der Waals surface area contributed by atoms with Crippen LogP contribution >= 0.6 is 0 Å². The second kappa shape index (κ2) is 5.72. The van der Waals surface area contributed by atoms with E-state index in [9.17, 15) is 0 Å². The summed E-state index contributed by atoms with van der Waals surface area (Å²) in [6, 6.07) is 7.32. The van der Waals surface area contributed by atoms with Crippen molar-refractivity contribution in [2.75, 3.05) is 45.2 Å². The van der Waals surface area contributed by atoms with E-state index in [4.69, 9.17) is 0 Å². The molecule has 3 nitrogen and oxygen atoms in total. The number of rotatable bonds is 3. The van der Waals surface area contributed by atoms with Gasteiger partial charge in [0.1, 0.15) is 0 Å². The molecule has 100 valence electrons. The molecule has 0 bridgehead atoms. The van der Waals surface area contributed by atoms with Crippen molar-refractivity contribution in [1.29, 1.82) is 0 Å². The fourth-order valence-electron chi connectivity index (χ4n) is 2.77. The van der Waals surface area contributed by atoms with Crippen LogP contribution in [0.15, 0.2) is 18.2 Å². The van der Waals surface area contributed by atoms with Crippen molar-refractivity contribution in [3.8, 4) is 0 Å². The lowest BCUT2D eigenvalue weighted by molar-refractivity contribution is 0.265. The van der Waals surface area contributed by atoms with Crippen LogP contribution in [0.1, 0.15) is 11.1 Å². The SMILES string of the molecule is CNCC1CN(C)CCN1c1cc(C)ccc1C. The Morgan fingerprint density at radius 2 is 2.06 bits per heavy atom. The van der Waals surface area contributed by atoms with Gasteiger partial charge in [-0.1, -0.05) is 12.1 Å². The molecular weight excluding hydrogens is 222 g/mol. The fourth-order valence-corrected chi connectivity index (χ4v) is 2.77. The number of anilines is 1. The number of nitrogens with one attached hydrogen (secondary N) is 1. The topological polar surface area (TPSA) is 18.5 Å². The summed E-state index contributed by atoms with van der Waals surface area (Å²) < 4.78 is 0. The highest BCUT2D eigenvalue weighted by Crippen LogP contribution is 2.25. The van der Waals surface area contributed by atoms with Gasteiger partial charge in [-0.25, -0.2) is 0 Å². The average molecular weight is 247 g/mol. The van der Waals surface area contributed by atoms with Crippen LogP contribution in [0.5, 0.6) is 0 Å². The fraction of sp³-hybridized carbons (Fsp3) is 0.600. The normalized spacial score (nSPS) is 21.3. The summed E-state index contributed by atoms with van der Waals surface area (Å²) in [5, 5.41) is 3.32. The zero-order valence-electron chi connectivity index (χ0n) is 12.0. The largest absolute Gasteiger partial charge is 0.364 e. The number of benzene rings is 1. The predicted molar refractivity (Wildman–Crippen MR) is 78.5 cm³/mol. The first-order chi connectivity index (χ1) is 8.61.